The Morgan fingerprint density at radius 3 is 2.55 bits per heavy atom. The van der Waals surface area contributed by atoms with Crippen molar-refractivity contribution in [1.82, 2.24) is 39.9 Å². The van der Waals surface area contributed by atoms with Crippen LogP contribution in [0.3, 0.4) is 0 Å². The molecule has 0 aliphatic carbocycles. The molecular formula is C53H59FN10O7. The number of hydrogen-bond donors (Lipinski definition) is 2. The molecule has 18 heteroatoms. The average Bonchev–Trinajstić information content (AvgIpc) is 4.14. The number of fused-ring (bicyclic) bond motifs is 6. The van der Waals surface area contributed by atoms with Gasteiger partial charge in [0, 0.05) is 100 Å². The van der Waals surface area contributed by atoms with Crippen LogP contribution in [0, 0.1) is 5.82 Å². The Kier molecular flexibility index (Phi) is 11.5. The monoisotopic (exact) mass is 966 g/mol. The first-order chi connectivity index (χ1) is 34.4. The number of anilines is 2. The number of halogens is 1. The fourth-order valence-corrected chi connectivity index (χ4v) is 12.8. The summed E-state index contributed by atoms with van der Waals surface area (Å²) in [5.41, 5.74) is 3.84. The fourth-order valence-electron chi connectivity index (χ4n) is 12.8. The molecule has 2 N–H and O–H groups in total. The largest absolute Gasteiger partial charge is 0.508 e. The molecule has 6 fully saturated rings. The van der Waals surface area contributed by atoms with Crippen LogP contribution in [0.25, 0.3) is 32.9 Å². The lowest BCUT2D eigenvalue weighted by Gasteiger charge is -2.37. The quantitative estimate of drug-likeness (QED) is 0.165. The van der Waals surface area contributed by atoms with Gasteiger partial charge in [-0.05, 0) is 110 Å². The summed E-state index contributed by atoms with van der Waals surface area (Å²) in [7, 11) is 1.47. The van der Waals surface area contributed by atoms with E-state index in [1.807, 2.05) is 36.4 Å². The summed E-state index contributed by atoms with van der Waals surface area (Å²) in [4.78, 5) is 77.7. The number of imide groups is 1. The first-order valence-corrected chi connectivity index (χ1v) is 25.4. The van der Waals surface area contributed by atoms with Crippen LogP contribution in [0.5, 0.6) is 11.8 Å². The summed E-state index contributed by atoms with van der Waals surface area (Å²) in [5, 5.41) is 16.7. The Morgan fingerprint density at radius 2 is 1.75 bits per heavy atom. The molecule has 0 saturated carbocycles. The van der Waals surface area contributed by atoms with Crippen LogP contribution in [0.4, 0.5) is 20.7 Å². The molecule has 0 spiro atoms. The van der Waals surface area contributed by atoms with Crippen molar-refractivity contribution in [1.29, 1.82) is 0 Å². The number of carbonyl (C=O) groups excluding carboxylic acids is 4. The Bertz CT molecular complexity index is 2990. The van der Waals surface area contributed by atoms with Gasteiger partial charge in [-0.15, -0.1) is 0 Å². The van der Waals surface area contributed by atoms with Crippen molar-refractivity contribution in [3.63, 3.8) is 0 Å². The zero-order chi connectivity index (χ0) is 48.7. The minimum Gasteiger partial charge on any atom is -0.508 e. The van der Waals surface area contributed by atoms with E-state index in [0.717, 1.165) is 97.1 Å². The zero-order valence-corrected chi connectivity index (χ0v) is 40.2. The molecule has 0 radical (unpaired) electrons. The number of hydrogen-bond acceptors (Lipinski definition) is 14. The van der Waals surface area contributed by atoms with Crippen LogP contribution in [0.2, 0.25) is 0 Å². The number of phenolic OH excluding ortho intramolecular Hbond substituents is 1. The maximum absolute atomic E-state index is 17.3. The van der Waals surface area contributed by atoms with Crippen molar-refractivity contribution in [2.24, 2.45) is 0 Å². The molecule has 370 valence electrons. The smallest absolute Gasteiger partial charge is 0.409 e. The number of aryl methyl sites for hydroxylation is 1. The molecule has 5 aromatic rings. The number of carbonyl (C=O) groups is 4. The highest BCUT2D eigenvalue weighted by atomic mass is 19.1. The summed E-state index contributed by atoms with van der Waals surface area (Å²) in [5.74, 6) is -0.719. The summed E-state index contributed by atoms with van der Waals surface area (Å²) >= 11 is 0. The number of rotatable bonds is 10. The van der Waals surface area contributed by atoms with Crippen molar-refractivity contribution in [2.45, 2.75) is 101 Å². The predicted molar refractivity (Wildman–Crippen MR) is 263 cm³/mol. The molecule has 7 aliphatic heterocycles. The fraction of sp³-hybridized carbons (Fsp3) is 0.491. The van der Waals surface area contributed by atoms with E-state index < -0.39 is 11.9 Å². The third kappa shape index (κ3) is 7.93. The number of likely N-dealkylation sites (N-methyl/N-ethyl adjacent to an activating group) is 1. The van der Waals surface area contributed by atoms with Gasteiger partial charge in [-0.3, -0.25) is 29.2 Å². The summed E-state index contributed by atoms with van der Waals surface area (Å²) in [6, 6.07) is 15.0. The van der Waals surface area contributed by atoms with Crippen molar-refractivity contribution in [3.05, 3.63) is 77.2 Å². The van der Waals surface area contributed by atoms with Gasteiger partial charge in [0.15, 0.2) is 5.82 Å². The standard InChI is InChI=1S/C53H59FN10O7/c1-3-31-6-4-7-32-23-38(65)24-40(44(31)32)46-45(54)47-41(25-55-46)48(62-27-34-8-9-35(28-62)56-34)58-51(57-47)71-30-53-15-5-17-64(53)37(14-16-53)29-70-52(69)61-20-18-60(19-21-61)36-10-11-39-33(22-36)26-63(49(39)67)42-12-13-43(66)59(2)50(42)68/h4,6-7,10-11,22-25,34-35,37,42,56,65H,3,5,8-9,12-21,26-30H2,1-2H3/t34?,35?,37-,42?,53-/m0/s1. The van der Waals surface area contributed by atoms with E-state index in [1.54, 1.807) is 28.1 Å². The Balaban J connectivity index is 0.714. The first kappa shape index (κ1) is 45.5. The third-order valence-electron chi connectivity index (χ3n) is 16.6. The van der Waals surface area contributed by atoms with Crippen molar-refractivity contribution in [2.75, 3.05) is 75.9 Å². The molecule has 12 rings (SSSR count). The highest BCUT2D eigenvalue weighted by Crippen LogP contribution is 2.44. The predicted octanol–water partition coefficient (Wildman–Crippen LogP) is 5.63. The van der Waals surface area contributed by atoms with Crippen molar-refractivity contribution < 1.29 is 38.1 Å². The van der Waals surface area contributed by atoms with Gasteiger partial charge >= 0.3 is 12.1 Å². The van der Waals surface area contributed by atoms with Gasteiger partial charge in [0.2, 0.25) is 5.91 Å². The number of likely N-dealkylation sites (tertiary alicyclic amines) is 1. The van der Waals surface area contributed by atoms with Gasteiger partial charge in [-0.25, -0.2) is 9.18 Å². The van der Waals surface area contributed by atoms with E-state index in [-0.39, 0.29) is 71.4 Å². The van der Waals surface area contributed by atoms with Crippen LogP contribution >= 0.6 is 0 Å². The maximum Gasteiger partial charge on any atom is 0.409 e. The van der Waals surface area contributed by atoms with E-state index >= 15 is 4.39 Å². The Morgan fingerprint density at radius 1 is 0.930 bits per heavy atom. The van der Waals surface area contributed by atoms with Gasteiger partial charge in [0.25, 0.3) is 11.8 Å². The van der Waals surface area contributed by atoms with E-state index in [1.165, 1.54) is 7.05 Å². The van der Waals surface area contributed by atoms with Crippen molar-refractivity contribution >= 4 is 57.0 Å². The number of benzene rings is 3. The normalized spacial score (nSPS) is 25.5. The number of phenols is 1. The molecule has 17 nitrogen and oxygen atoms in total. The second-order valence-electron chi connectivity index (χ2n) is 20.6. The van der Waals surface area contributed by atoms with Crippen LogP contribution in [0.1, 0.15) is 79.8 Å². The minimum atomic E-state index is -0.652. The molecule has 3 unspecified atom stereocenters. The number of aromatic hydroxyl groups is 1. The lowest BCUT2D eigenvalue weighted by molar-refractivity contribution is -0.150. The van der Waals surface area contributed by atoms with Crippen LogP contribution < -0.4 is 19.9 Å². The topological polar surface area (TPSA) is 177 Å². The van der Waals surface area contributed by atoms with E-state index in [0.29, 0.717) is 80.2 Å². The Labute approximate surface area is 410 Å². The number of piperidine rings is 1. The molecule has 3 aromatic carbocycles. The SMILES string of the molecule is CCc1cccc2cc(O)cc(-c3ncc4c(N5CC6CCC(C5)N6)nc(OC[C@@]56CCCN5[C@H](COC(=O)N5CCN(c7ccc8c(c7)CN(C7CCC(=O)N(C)C7=O)C8=O)CC5)CC6)nc4c3F)c12. The zero-order valence-electron chi connectivity index (χ0n) is 40.2. The summed E-state index contributed by atoms with van der Waals surface area (Å²) < 4.78 is 29.9. The lowest BCUT2D eigenvalue weighted by Crippen LogP contribution is -2.53. The molecule has 4 amide bonds. The molecule has 5 atom stereocenters. The summed E-state index contributed by atoms with van der Waals surface area (Å²) in [6.07, 6.45) is 8.30. The van der Waals surface area contributed by atoms with Gasteiger partial charge < -0.3 is 39.5 Å². The first-order valence-electron chi connectivity index (χ1n) is 25.4. The molecular weight excluding hydrogens is 908 g/mol. The number of piperazine rings is 2. The number of amides is 4. The van der Waals surface area contributed by atoms with Gasteiger partial charge in [0.1, 0.15) is 42.0 Å². The average molecular weight is 967 g/mol. The number of nitrogens with one attached hydrogen (secondary N) is 1. The molecule has 2 aromatic heterocycles. The molecule has 2 bridgehead atoms. The highest BCUT2D eigenvalue weighted by Gasteiger charge is 2.50. The van der Waals surface area contributed by atoms with Gasteiger partial charge in [-0.1, -0.05) is 25.1 Å². The van der Waals surface area contributed by atoms with Gasteiger partial charge in [0.05, 0.1) is 10.9 Å². The summed E-state index contributed by atoms with van der Waals surface area (Å²) in [6.45, 7) is 7.38. The van der Waals surface area contributed by atoms with Gasteiger partial charge in [-0.2, -0.15) is 9.97 Å². The molecule has 7 aliphatic rings. The van der Waals surface area contributed by atoms with Crippen LogP contribution in [-0.4, -0.2) is 159 Å². The van der Waals surface area contributed by atoms with E-state index in [2.05, 4.69) is 26.9 Å². The van der Waals surface area contributed by atoms with E-state index in [4.69, 9.17) is 24.4 Å². The second-order valence-corrected chi connectivity index (χ2v) is 20.6. The number of aromatic nitrogens is 3. The highest BCUT2D eigenvalue weighted by molar-refractivity contribution is 6.06. The third-order valence-corrected chi connectivity index (χ3v) is 16.6. The van der Waals surface area contributed by atoms with Crippen molar-refractivity contribution in [3.8, 4) is 23.0 Å². The Hall–Kier alpha value is -6.66. The van der Waals surface area contributed by atoms with Crippen LogP contribution in [0.15, 0.2) is 54.7 Å². The number of pyridine rings is 1. The van der Waals surface area contributed by atoms with E-state index in [9.17, 15) is 24.3 Å². The molecule has 9 heterocycles. The molecule has 6 saturated heterocycles. The second kappa shape index (κ2) is 17.9. The number of ether oxygens (including phenoxy) is 2. The minimum absolute atomic E-state index is 0.0189. The molecule has 71 heavy (non-hydrogen) atoms. The lowest BCUT2D eigenvalue weighted by atomic mass is 9.95. The number of nitrogens with zero attached hydrogens (tertiary/aromatic N) is 9. The maximum atomic E-state index is 17.3. The van der Waals surface area contributed by atoms with Crippen LogP contribution in [-0.2, 0) is 27.3 Å².